The van der Waals surface area contributed by atoms with Gasteiger partial charge >= 0.3 is 0 Å². The summed E-state index contributed by atoms with van der Waals surface area (Å²) in [4.78, 5) is 8.54. The first-order chi connectivity index (χ1) is 9.65. The van der Waals surface area contributed by atoms with Crippen molar-refractivity contribution in [2.75, 3.05) is 24.3 Å². The Kier molecular flexibility index (Phi) is 4.40. The quantitative estimate of drug-likeness (QED) is 0.874. The van der Waals surface area contributed by atoms with Crippen LogP contribution >= 0.6 is 0 Å². The molecule has 0 unspecified atom stereocenters. The maximum atomic E-state index is 5.37. The molecule has 0 saturated heterocycles. The van der Waals surface area contributed by atoms with Crippen LogP contribution in [0.3, 0.4) is 0 Å². The molecule has 0 aliphatic carbocycles. The predicted molar refractivity (Wildman–Crippen MR) is 81.9 cm³/mol. The van der Waals surface area contributed by atoms with Gasteiger partial charge in [0, 0.05) is 12.1 Å². The highest BCUT2D eigenvalue weighted by Crippen LogP contribution is 2.30. The third-order valence-electron chi connectivity index (χ3n) is 3.04. The van der Waals surface area contributed by atoms with Crippen molar-refractivity contribution in [3.8, 4) is 5.75 Å². The Bertz CT molecular complexity index is 598. The number of hydrogen-bond donors (Lipinski definition) is 2. The third-order valence-corrected chi connectivity index (χ3v) is 3.04. The van der Waals surface area contributed by atoms with Gasteiger partial charge in [-0.1, -0.05) is 6.07 Å². The predicted octanol–water partition coefficient (Wildman–Crippen LogP) is 3.28. The lowest BCUT2D eigenvalue weighted by Crippen LogP contribution is -2.06. The molecule has 5 heteroatoms. The first-order valence-electron chi connectivity index (χ1n) is 6.62. The number of nitrogens with one attached hydrogen (secondary N) is 2. The normalized spacial score (nSPS) is 10.2. The Morgan fingerprint density at radius 3 is 2.60 bits per heavy atom. The smallest absolute Gasteiger partial charge is 0.142 e. The molecule has 0 saturated carbocycles. The highest BCUT2D eigenvalue weighted by atomic mass is 16.5. The molecule has 0 atom stereocenters. The van der Waals surface area contributed by atoms with Crippen LogP contribution in [0.5, 0.6) is 5.75 Å². The summed E-state index contributed by atoms with van der Waals surface area (Å²) in [6, 6.07) is 5.99. The van der Waals surface area contributed by atoms with Gasteiger partial charge in [-0.2, -0.15) is 0 Å². The summed E-state index contributed by atoms with van der Waals surface area (Å²) in [5, 5.41) is 6.53. The van der Waals surface area contributed by atoms with Crippen molar-refractivity contribution >= 4 is 17.3 Å². The lowest BCUT2D eigenvalue weighted by molar-refractivity contribution is 0.416. The number of aryl methyl sites for hydroxylation is 1. The van der Waals surface area contributed by atoms with Crippen LogP contribution in [0.4, 0.5) is 17.3 Å². The molecular formula is C15H20N4O. The third kappa shape index (κ3) is 2.99. The second-order valence-corrected chi connectivity index (χ2v) is 4.55. The van der Waals surface area contributed by atoms with E-state index in [4.69, 9.17) is 4.74 Å². The van der Waals surface area contributed by atoms with Gasteiger partial charge in [0.2, 0.25) is 0 Å². The van der Waals surface area contributed by atoms with Crippen molar-refractivity contribution in [2.45, 2.75) is 20.8 Å². The highest BCUT2D eigenvalue weighted by Gasteiger charge is 2.09. The van der Waals surface area contributed by atoms with Gasteiger partial charge < -0.3 is 15.4 Å². The zero-order valence-corrected chi connectivity index (χ0v) is 12.3. The fraction of sp³-hybridized carbons (Fsp3) is 0.333. The zero-order chi connectivity index (χ0) is 14.5. The van der Waals surface area contributed by atoms with E-state index in [0.717, 1.165) is 40.7 Å². The van der Waals surface area contributed by atoms with Crippen molar-refractivity contribution < 1.29 is 4.74 Å². The Hall–Kier alpha value is -2.30. The number of anilines is 3. The molecule has 106 valence electrons. The molecule has 2 aromatic rings. The molecule has 1 heterocycles. The Morgan fingerprint density at radius 2 is 1.90 bits per heavy atom. The number of rotatable bonds is 5. The van der Waals surface area contributed by atoms with Crippen LogP contribution in [0.1, 0.15) is 18.1 Å². The van der Waals surface area contributed by atoms with Crippen LogP contribution in [-0.4, -0.2) is 23.6 Å². The van der Waals surface area contributed by atoms with Crippen molar-refractivity contribution in [1.29, 1.82) is 0 Å². The summed E-state index contributed by atoms with van der Waals surface area (Å²) >= 11 is 0. The van der Waals surface area contributed by atoms with Crippen LogP contribution in [0.25, 0.3) is 0 Å². The maximum absolute atomic E-state index is 5.37. The van der Waals surface area contributed by atoms with Crippen LogP contribution < -0.4 is 15.4 Å². The molecule has 0 fully saturated rings. The standard InChI is InChI=1S/C15H20N4O/c1-5-16-14-11(3)15(18-9-17-14)19-12-8-10(2)6-7-13(12)20-4/h6-9H,5H2,1-4H3,(H2,16,17,18,19). The van der Waals surface area contributed by atoms with E-state index < -0.39 is 0 Å². The average Bonchev–Trinajstić information content (AvgIpc) is 2.44. The fourth-order valence-electron chi connectivity index (χ4n) is 1.97. The van der Waals surface area contributed by atoms with Crippen LogP contribution in [0, 0.1) is 13.8 Å². The van der Waals surface area contributed by atoms with Gasteiger partial charge in [0.25, 0.3) is 0 Å². The molecular weight excluding hydrogens is 252 g/mol. The van der Waals surface area contributed by atoms with Crippen molar-refractivity contribution in [3.63, 3.8) is 0 Å². The van der Waals surface area contributed by atoms with E-state index in [1.54, 1.807) is 13.4 Å². The maximum Gasteiger partial charge on any atom is 0.142 e. The summed E-state index contributed by atoms with van der Waals surface area (Å²) < 4.78 is 5.37. The second-order valence-electron chi connectivity index (χ2n) is 4.55. The molecule has 1 aromatic carbocycles. The number of ether oxygens (including phenoxy) is 1. The number of hydrogen-bond acceptors (Lipinski definition) is 5. The van der Waals surface area contributed by atoms with E-state index in [9.17, 15) is 0 Å². The van der Waals surface area contributed by atoms with Gasteiger partial charge in [-0.15, -0.1) is 0 Å². The zero-order valence-electron chi connectivity index (χ0n) is 12.3. The molecule has 0 aliphatic rings. The molecule has 0 spiro atoms. The first-order valence-corrected chi connectivity index (χ1v) is 6.62. The summed E-state index contributed by atoms with van der Waals surface area (Å²) in [6.45, 7) is 6.90. The van der Waals surface area contributed by atoms with E-state index in [0.29, 0.717) is 0 Å². The van der Waals surface area contributed by atoms with Gasteiger partial charge in [-0.3, -0.25) is 0 Å². The molecule has 20 heavy (non-hydrogen) atoms. The summed E-state index contributed by atoms with van der Waals surface area (Å²) in [5.74, 6) is 2.41. The lowest BCUT2D eigenvalue weighted by Gasteiger charge is -2.14. The van der Waals surface area contributed by atoms with Gasteiger partial charge in [0.15, 0.2) is 0 Å². The largest absolute Gasteiger partial charge is 0.495 e. The van der Waals surface area contributed by atoms with Gasteiger partial charge in [-0.25, -0.2) is 9.97 Å². The van der Waals surface area contributed by atoms with E-state index in [1.165, 1.54) is 0 Å². The SMILES string of the molecule is CCNc1ncnc(Nc2cc(C)ccc2OC)c1C. The van der Waals surface area contributed by atoms with Gasteiger partial charge in [0.05, 0.1) is 12.8 Å². The second kappa shape index (κ2) is 6.23. The molecule has 2 N–H and O–H groups in total. The topological polar surface area (TPSA) is 59.1 Å². The monoisotopic (exact) mass is 272 g/mol. The summed E-state index contributed by atoms with van der Waals surface area (Å²) in [5.41, 5.74) is 3.04. The highest BCUT2D eigenvalue weighted by molar-refractivity contribution is 5.69. The molecule has 0 amide bonds. The fourth-order valence-corrected chi connectivity index (χ4v) is 1.97. The Balaban J connectivity index is 2.35. The lowest BCUT2D eigenvalue weighted by atomic mass is 10.2. The molecule has 5 nitrogen and oxygen atoms in total. The van der Waals surface area contributed by atoms with Gasteiger partial charge in [-0.05, 0) is 38.5 Å². The number of methoxy groups -OCH3 is 1. The van der Waals surface area contributed by atoms with Gasteiger partial charge in [0.1, 0.15) is 23.7 Å². The van der Waals surface area contributed by atoms with Crippen LogP contribution in [-0.2, 0) is 0 Å². The Morgan fingerprint density at radius 1 is 1.15 bits per heavy atom. The van der Waals surface area contributed by atoms with Crippen molar-refractivity contribution in [1.82, 2.24) is 9.97 Å². The van der Waals surface area contributed by atoms with Crippen LogP contribution in [0.2, 0.25) is 0 Å². The Labute approximate surface area is 119 Å². The average molecular weight is 272 g/mol. The minimum Gasteiger partial charge on any atom is -0.495 e. The van der Waals surface area contributed by atoms with Crippen molar-refractivity contribution in [2.24, 2.45) is 0 Å². The van der Waals surface area contributed by atoms with E-state index in [-0.39, 0.29) is 0 Å². The molecule has 0 aliphatic heterocycles. The summed E-state index contributed by atoms with van der Waals surface area (Å²) in [6.07, 6.45) is 1.55. The number of nitrogens with zero attached hydrogens (tertiary/aromatic N) is 2. The number of benzene rings is 1. The molecule has 0 radical (unpaired) electrons. The van der Waals surface area contributed by atoms with E-state index in [1.807, 2.05) is 39.0 Å². The summed E-state index contributed by atoms with van der Waals surface area (Å²) in [7, 11) is 1.66. The van der Waals surface area contributed by atoms with Crippen molar-refractivity contribution in [3.05, 3.63) is 35.7 Å². The van der Waals surface area contributed by atoms with E-state index in [2.05, 4.69) is 20.6 Å². The number of aromatic nitrogens is 2. The molecule has 0 bridgehead atoms. The van der Waals surface area contributed by atoms with Crippen LogP contribution in [0.15, 0.2) is 24.5 Å². The first kappa shape index (κ1) is 14.1. The minimum absolute atomic E-state index is 0.778. The van der Waals surface area contributed by atoms with E-state index >= 15 is 0 Å². The molecule has 2 rings (SSSR count). The minimum atomic E-state index is 0.778. The molecule has 1 aromatic heterocycles.